The zero-order chi connectivity index (χ0) is 24.1. The lowest BCUT2D eigenvalue weighted by Crippen LogP contribution is -2.16. The van der Waals surface area contributed by atoms with E-state index in [-0.39, 0.29) is 35.0 Å². The number of anilines is 2. The summed E-state index contributed by atoms with van der Waals surface area (Å²) in [6.07, 6.45) is 1.68. The van der Waals surface area contributed by atoms with Crippen molar-refractivity contribution in [3.05, 3.63) is 93.3 Å². The second kappa shape index (κ2) is 10.3. The number of nitro benzene ring substituents is 1. The van der Waals surface area contributed by atoms with Crippen LogP contribution in [0.15, 0.2) is 60.8 Å². The van der Waals surface area contributed by atoms with Crippen LogP contribution >= 0.6 is 0 Å². The van der Waals surface area contributed by atoms with Crippen molar-refractivity contribution in [2.75, 3.05) is 10.6 Å². The van der Waals surface area contributed by atoms with Gasteiger partial charge in [0.15, 0.2) is 0 Å². The van der Waals surface area contributed by atoms with Gasteiger partial charge in [0.2, 0.25) is 0 Å². The molecule has 1 heterocycles. The summed E-state index contributed by atoms with van der Waals surface area (Å²) in [6.45, 7) is 10.2. The first-order chi connectivity index (χ1) is 15.7. The average Bonchev–Trinajstić information content (AvgIpc) is 2.79. The molecule has 7 heteroatoms. The fraction of sp³-hybridized carbons (Fsp3) is 0.308. The molecule has 0 bridgehead atoms. The predicted molar refractivity (Wildman–Crippen MR) is 132 cm³/mol. The van der Waals surface area contributed by atoms with E-state index in [2.05, 4.69) is 43.3 Å². The summed E-state index contributed by atoms with van der Waals surface area (Å²) in [5.74, 6) is 0.0541. The molecular formula is C26H30N4O3. The number of aromatic nitrogens is 1. The number of para-hydroxylation sites is 1. The lowest BCUT2D eigenvalue weighted by molar-refractivity contribution is -0.384. The SMILES string of the molecule is CC(C)c1cccc(C(C)C)c1NC(=O)c1ccc(NC(C)c2ccccn2)c([N+](=O)[O-])c1. The second-order valence-corrected chi connectivity index (χ2v) is 8.68. The molecule has 3 rings (SSSR count). The van der Waals surface area contributed by atoms with Gasteiger partial charge in [-0.25, -0.2) is 0 Å². The average molecular weight is 447 g/mol. The Morgan fingerprint density at radius 1 is 0.939 bits per heavy atom. The Bertz CT molecular complexity index is 1120. The smallest absolute Gasteiger partial charge is 0.293 e. The van der Waals surface area contributed by atoms with Crippen molar-refractivity contribution in [3.63, 3.8) is 0 Å². The topological polar surface area (TPSA) is 97.2 Å². The van der Waals surface area contributed by atoms with E-state index in [1.807, 2.05) is 43.3 Å². The molecule has 0 aliphatic heterocycles. The summed E-state index contributed by atoms with van der Waals surface area (Å²) in [4.78, 5) is 28.7. The maximum atomic E-state index is 13.1. The number of rotatable bonds is 8. The second-order valence-electron chi connectivity index (χ2n) is 8.68. The van der Waals surface area contributed by atoms with Crippen LogP contribution in [-0.2, 0) is 0 Å². The van der Waals surface area contributed by atoms with Crippen LogP contribution in [0.2, 0.25) is 0 Å². The van der Waals surface area contributed by atoms with Crippen LogP contribution in [0.25, 0.3) is 0 Å². The zero-order valence-corrected chi connectivity index (χ0v) is 19.6. The third kappa shape index (κ3) is 5.55. The molecule has 0 saturated heterocycles. The Morgan fingerprint density at radius 2 is 1.61 bits per heavy atom. The Labute approximate surface area is 194 Å². The van der Waals surface area contributed by atoms with E-state index in [1.165, 1.54) is 6.07 Å². The summed E-state index contributed by atoms with van der Waals surface area (Å²) >= 11 is 0. The van der Waals surface area contributed by atoms with Crippen LogP contribution in [0.3, 0.4) is 0 Å². The van der Waals surface area contributed by atoms with Crippen LogP contribution in [0.5, 0.6) is 0 Å². The molecule has 172 valence electrons. The Morgan fingerprint density at radius 3 is 2.15 bits per heavy atom. The number of nitro groups is 1. The highest BCUT2D eigenvalue weighted by atomic mass is 16.6. The Balaban J connectivity index is 1.91. The molecule has 1 atom stereocenters. The Kier molecular flexibility index (Phi) is 7.43. The number of nitrogens with one attached hydrogen (secondary N) is 2. The third-order valence-corrected chi connectivity index (χ3v) is 5.57. The largest absolute Gasteiger partial charge is 0.371 e. The van der Waals surface area contributed by atoms with Crippen molar-refractivity contribution in [3.8, 4) is 0 Å². The number of pyridine rings is 1. The highest BCUT2D eigenvalue weighted by Crippen LogP contribution is 2.34. The van der Waals surface area contributed by atoms with Crippen LogP contribution in [-0.4, -0.2) is 15.8 Å². The number of amides is 1. The summed E-state index contributed by atoms with van der Waals surface area (Å²) < 4.78 is 0. The first-order valence-electron chi connectivity index (χ1n) is 11.1. The van der Waals surface area contributed by atoms with Crippen molar-refractivity contribution in [1.82, 2.24) is 4.98 Å². The molecule has 0 saturated carbocycles. The summed E-state index contributed by atoms with van der Waals surface area (Å²) in [5.41, 5.74) is 4.01. The van der Waals surface area contributed by atoms with Crippen molar-refractivity contribution in [2.45, 2.75) is 52.5 Å². The molecule has 1 unspecified atom stereocenters. The lowest BCUT2D eigenvalue weighted by atomic mass is 9.92. The molecule has 0 fully saturated rings. The molecule has 7 nitrogen and oxygen atoms in total. The number of hydrogen-bond donors (Lipinski definition) is 2. The minimum atomic E-state index is -0.480. The van der Waals surface area contributed by atoms with Crippen LogP contribution in [0, 0.1) is 10.1 Å². The predicted octanol–water partition coefficient (Wildman–Crippen LogP) is 6.66. The molecule has 0 aliphatic carbocycles. The van der Waals surface area contributed by atoms with Gasteiger partial charge in [0.05, 0.1) is 16.7 Å². The first-order valence-corrected chi connectivity index (χ1v) is 11.1. The quantitative estimate of drug-likeness (QED) is 0.298. The van der Waals surface area contributed by atoms with Gasteiger partial charge in [-0.2, -0.15) is 0 Å². The number of hydrogen-bond acceptors (Lipinski definition) is 5. The third-order valence-electron chi connectivity index (χ3n) is 5.57. The normalized spacial score (nSPS) is 12.0. The standard InChI is InChI=1S/C26H30N4O3/c1-16(2)20-9-8-10-21(17(3)4)25(20)29-26(31)19-12-13-23(24(15-19)30(32)33)28-18(5)22-11-6-7-14-27-22/h6-18,28H,1-5H3,(H,29,31). The van der Waals surface area contributed by atoms with Gasteiger partial charge in [0, 0.05) is 23.5 Å². The van der Waals surface area contributed by atoms with Gasteiger partial charge in [-0.3, -0.25) is 19.9 Å². The molecule has 1 aromatic heterocycles. The zero-order valence-electron chi connectivity index (χ0n) is 19.6. The fourth-order valence-corrected chi connectivity index (χ4v) is 3.77. The van der Waals surface area contributed by atoms with E-state index in [0.717, 1.165) is 22.5 Å². The van der Waals surface area contributed by atoms with E-state index in [4.69, 9.17) is 0 Å². The molecule has 0 aliphatic rings. The lowest BCUT2D eigenvalue weighted by Gasteiger charge is -2.20. The van der Waals surface area contributed by atoms with Gasteiger partial charge in [-0.15, -0.1) is 0 Å². The highest BCUT2D eigenvalue weighted by molar-refractivity contribution is 6.06. The summed E-state index contributed by atoms with van der Waals surface area (Å²) in [5, 5.41) is 17.9. The first kappa shape index (κ1) is 23.9. The number of benzene rings is 2. The molecule has 0 radical (unpaired) electrons. The number of nitrogens with zero attached hydrogens (tertiary/aromatic N) is 2. The summed E-state index contributed by atoms with van der Waals surface area (Å²) in [6, 6.07) is 15.8. The minimum absolute atomic E-state index is 0.161. The maximum absolute atomic E-state index is 13.1. The number of carbonyl (C=O) groups is 1. The molecule has 2 N–H and O–H groups in total. The minimum Gasteiger partial charge on any atom is -0.371 e. The van der Waals surface area contributed by atoms with Gasteiger partial charge in [0.1, 0.15) is 5.69 Å². The van der Waals surface area contributed by atoms with Crippen LogP contribution in [0.4, 0.5) is 17.1 Å². The van der Waals surface area contributed by atoms with E-state index < -0.39 is 4.92 Å². The van der Waals surface area contributed by atoms with Gasteiger partial charge >= 0.3 is 0 Å². The molecular weight excluding hydrogens is 416 g/mol. The van der Waals surface area contributed by atoms with Crippen LogP contribution in [0.1, 0.15) is 79.7 Å². The summed E-state index contributed by atoms with van der Waals surface area (Å²) in [7, 11) is 0. The van der Waals surface area contributed by atoms with Gasteiger partial charge < -0.3 is 10.6 Å². The van der Waals surface area contributed by atoms with E-state index in [0.29, 0.717) is 5.69 Å². The van der Waals surface area contributed by atoms with Crippen molar-refractivity contribution < 1.29 is 9.72 Å². The number of carbonyl (C=O) groups excluding carboxylic acids is 1. The molecule has 0 spiro atoms. The maximum Gasteiger partial charge on any atom is 0.293 e. The Hall–Kier alpha value is -3.74. The fourth-order valence-electron chi connectivity index (χ4n) is 3.77. The van der Waals surface area contributed by atoms with Crippen molar-refractivity contribution in [2.24, 2.45) is 0 Å². The van der Waals surface area contributed by atoms with Crippen molar-refractivity contribution >= 4 is 23.0 Å². The molecule has 1 amide bonds. The van der Waals surface area contributed by atoms with Gasteiger partial charge in [-0.05, 0) is 54.2 Å². The van der Waals surface area contributed by atoms with Gasteiger partial charge in [-0.1, -0.05) is 52.0 Å². The highest BCUT2D eigenvalue weighted by Gasteiger charge is 2.22. The molecule has 3 aromatic rings. The van der Waals surface area contributed by atoms with E-state index >= 15 is 0 Å². The van der Waals surface area contributed by atoms with Crippen molar-refractivity contribution in [1.29, 1.82) is 0 Å². The molecule has 2 aromatic carbocycles. The van der Waals surface area contributed by atoms with E-state index in [9.17, 15) is 14.9 Å². The van der Waals surface area contributed by atoms with Gasteiger partial charge in [0.25, 0.3) is 11.6 Å². The van der Waals surface area contributed by atoms with Crippen LogP contribution < -0.4 is 10.6 Å². The molecule has 33 heavy (non-hydrogen) atoms. The monoisotopic (exact) mass is 446 g/mol. The van der Waals surface area contributed by atoms with E-state index in [1.54, 1.807) is 18.3 Å².